The second kappa shape index (κ2) is 26.7. The highest BCUT2D eigenvalue weighted by Crippen LogP contribution is 2.76. The SMILES string of the molecule is C=C1CC23CCC4C(C)(C(=O)OC5OC(CO)C(O)C(OC6OC(CO)C(O)C(O)C6O)C5OC5OC(CO)C(O)C(O)C5O)CCCC4(C)C2CCC1(CC1OC(CO)C(O)C(OC2OC(CO)C(O)C(O)C2O)C1OC1OC(C)C(O)C(O)C1O)C3. The molecule has 36 atom stereocenters. The summed E-state index contributed by atoms with van der Waals surface area (Å²) in [5.74, 6) is -1.24. The molecule has 31 heteroatoms. The van der Waals surface area contributed by atoms with Crippen molar-refractivity contribution in [1.29, 1.82) is 0 Å². The van der Waals surface area contributed by atoms with Crippen LogP contribution in [0.5, 0.6) is 0 Å². The van der Waals surface area contributed by atoms with Crippen molar-refractivity contribution in [3.63, 3.8) is 0 Å². The molecule has 0 aromatic carbocycles. The molecule has 506 valence electrons. The number of hydrogen-bond donors (Lipinski definition) is 19. The van der Waals surface area contributed by atoms with Crippen molar-refractivity contribution in [2.24, 2.45) is 33.5 Å². The maximum atomic E-state index is 15.4. The number of rotatable bonds is 17. The Hall–Kier alpha value is -1.95. The molecule has 6 saturated heterocycles. The van der Waals surface area contributed by atoms with Gasteiger partial charge in [-0.1, -0.05) is 25.5 Å². The van der Waals surface area contributed by atoms with Crippen molar-refractivity contribution in [2.45, 2.75) is 269 Å². The van der Waals surface area contributed by atoms with Gasteiger partial charge in [-0.25, -0.2) is 0 Å². The topological polar surface area (TPSA) is 503 Å². The predicted octanol–water partition coefficient (Wildman–Crippen LogP) is -7.77. The minimum absolute atomic E-state index is 0.0502. The van der Waals surface area contributed by atoms with Crippen molar-refractivity contribution < 1.29 is 154 Å². The zero-order valence-corrected chi connectivity index (χ0v) is 49.2. The molecule has 6 aliphatic heterocycles. The number of carbonyl (C=O) groups is 1. The highest BCUT2D eigenvalue weighted by Gasteiger charge is 2.69. The lowest BCUT2D eigenvalue weighted by Gasteiger charge is -2.64. The zero-order chi connectivity index (χ0) is 64.0. The Morgan fingerprint density at radius 3 is 1.36 bits per heavy atom. The first-order chi connectivity index (χ1) is 41.6. The van der Waals surface area contributed by atoms with Crippen LogP contribution in [0.3, 0.4) is 0 Å². The Morgan fingerprint density at radius 1 is 0.455 bits per heavy atom. The number of fused-ring (bicyclic) bond motifs is 3. The summed E-state index contributed by atoms with van der Waals surface area (Å²) in [4.78, 5) is 15.4. The van der Waals surface area contributed by atoms with Crippen LogP contribution < -0.4 is 0 Å². The summed E-state index contributed by atoms with van der Waals surface area (Å²) in [7, 11) is 0. The minimum atomic E-state index is -2.06. The third-order valence-electron chi connectivity index (χ3n) is 21.9. The summed E-state index contributed by atoms with van der Waals surface area (Å²) in [5.41, 5.74) is -2.16. The summed E-state index contributed by atoms with van der Waals surface area (Å²) in [6, 6.07) is 0. The molecule has 2 bridgehead atoms. The first-order valence-corrected chi connectivity index (χ1v) is 30.6. The molecule has 0 aromatic rings. The minimum Gasteiger partial charge on any atom is -0.432 e. The van der Waals surface area contributed by atoms with Gasteiger partial charge in [0.1, 0.15) is 134 Å². The lowest BCUT2D eigenvalue weighted by atomic mass is 9.40. The maximum Gasteiger partial charge on any atom is 0.314 e. The molecule has 1 spiro atoms. The molecule has 0 amide bonds. The number of aliphatic hydroxyl groups is 19. The predicted molar refractivity (Wildman–Crippen MR) is 286 cm³/mol. The van der Waals surface area contributed by atoms with E-state index in [1.54, 1.807) is 6.92 Å². The van der Waals surface area contributed by atoms with Gasteiger partial charge in [0.15, 0.2) is 31.3 Å². The van der Waals surface area contributed by atoms with Gasteiger partial charge in [-0.05, 0) is 99.7 Å². The molecule has 88 heavy (non-hydrogen) atoms. The van der Waals surface area contributed by atoms with Crippen LogP contribution in [0.25, 0.3) is 0 Å². The third-order valence-corrected chi connectivity index (χ3v) is 21.9. The molecule has 6 heterocycles. The fraction of sp³-hybridized carbons (Fsp3) is 0.947. The van der Waals surface area contributed by atoms with Gasteiger partial charge in [0.25, 0.3) is 0 Å². The lowest BCUT2D eigenvalue weighted by molar-refractivity contribution is -0.388. The molecule has 4 saturated carbocycles. The van der Waals surface area contributed by atoms with E-state index in [1.807, 2.05) is 0 Å². The van der Waals surface area contributed by atoms with Crippen LogP contribution in [0.2, 0.25) is 0 Å². The van der Waals surface area contributed by atoms with Gasteiger partial charge >= 0.3 is 5.97 Å². The Kier molecular flexibility index (Phi) is 20.9. The van der Waals surface area contributed by atoms with Crippen LogP contribution in [0.15, 0.2) is 12.2 Å². The number of aliphatic hydroxyl groups excluding tert-OH is 19. The number of esters is 1. The van der Waals surface area contributed by atoms with Crippen molar-refractivity contribution in [3.8, 4) is 0 Å². The van der Waals surface area contributed by atoms with Crippen molar-refractivity contribution >= 4 is 5.97 Å². The van der Waals surface area contributed by atoms with Crippen molar-refractivity contribution in [2.75, 3.05) is 33.0 Å². The van der Waals surface area contributed by atoms with E-state index in [-0.39, 0.29) is 18.3 Å². The summed E-state index contributed by atoms with van der Waals surface area (Å²) in [6.07, 6.45) is -47.4. The highest BCUT2D eigenvalue weighted by atomic mass is 16.8. The molecule has 10 fully saturated rings. The second-order valence-corrected chi connectivity index (χ2v) is 26.9. The molecule has 0 aromatic heterocycles. The zero-order valence-electron chi connectivity index (χ0n) is 49.2. The van der Waals surface area contributed by atoms with Crippen LogP contribution in [-0.2, 0) is 56.9 Å². The highest BCUT2D eigenvalue weighted by molar-refractivity contribution is 5.77. The third kappa shape index (κ3) is 12.0. The van der Waals surface area contributed by atoms with Gasteiger partial charge in [0.05, 0.1) is 50.7 Å². The molecule has 36 unspecified atom stereocenters. The van der Waals surface area contributed by atoms with Gasteiger partial charge in [-0.15, -0.1) is 0 Å². The normalized spacial score (nSPS) is 55.0. The van der Waals surface area contributed by atoms with Gasteiger partial charge in [0, 0.05) is 0 Å². The molecule has 19 N–H and O–H groups in total. The molecule has 10 rings (SSSR count). The lowest BCUT2D eigenvalue weighted by Crippen LogP contribution is -2.67. The van der Waals surface area contributed by atoms with E-state index in [9.17, 15) is 97.0 Å². The fourth-order valence-electron chi connectivity index (χ4n) is 17.0. The first-order valence-electron chi connectivity index (χ1n) is 30.6. The maximum absolute atomic E-state index is 15.4. The molecule has 0 radical (unpaired) electrons. The number of hydrogen-bond acceptors (Lipinski definition) is 31. The molecule has 31 nitrogen and oxygen atoms in total. The average molecular weight is 1270 g/mol. The number of allylic oxidation sites excluding steroid dienone is 1. The van der Waals surface area contributed by atoms with E-state index in [0.717, 1.165) is 5.57 Å². The van der Waals surface area contributed by atoms with E-state index in [2.05, 4.69) is 13.5 Å². The smallest absolute Gasteiger partial charge is 0.314 e. The second-order valence-electron chi connectivity index (χ2n) is 26.9. The Labute approximate surface area is 506 Å². The average Bonchev–Trinajstić information content (AvgIpc) is 0.951. The van der Waals surface area contributed by atoms with Crippen molar-refractivity contribution in [3.05, 3.63) is 12.2 Å². The standard InChI is InChI=1S/C57H92O31/c1-20-12-57-11-6-28-54(3,29(57)7-10-56(20,19-57)13-22-44(84-48-40(73)36(69)30(63)21(2)78-48)45(34(67)26(17-61)79-22)85-49-41(74)37(70)31(64)23(14-58)80-49)8-5-9-55(28,4)53(77)88-52-47(87-51-43(76)39(72)33(66)25(16-60)82-51)46(35(68)27(18-62)83-52)86-50-42(75)38(71)32(65)24(15-59)81-50/h21-52,58-76H,1,5-19H2,2-4H3. The Bertz CT molecular complexity index is 2380. The molecular weight excluding hydrogens is 1180 g/mol. The summed E-state index contributed by atoms with van der Waals surface area (Å²) in [6.45, 7) is 5.77. The van der Waals surface area contributed by atoms with Crippen LogP contribution in [-0.4, -0.2) is 320 Å². The Balaban J connectivity index is 0.919. The summed E-state index contributed by atoms with van der Waals surface area (Å²) >= 11 is 0. The monoisotopic (exact) mass is 1270 g/mol. The molecule has 4 aliphatic carbocycles. The summed E-state index contributed by atoms with van der Waals surface area (Å²) < 4.78 is 66.7. The first kappa shape index (κ1) is 68.9. The molecule has 10 aliphatic rings. The largest absolute Gasteiger partial charge is 0.432 e. The van der Waals surface area contributed by atoms with Gasteiger partial charge in [-0.2, -0.15) is 0 Å². The van der Waals surface area contributed by atoms with E-state index in [1.165, 1.54) is 6.92 Å². The van der Waals surface area contributed by atoms with Crippen LogP contribution in [0.4, 0.5) is 0 Å². The summed E-state index contributed by atoms with van der Waals surface area (Å²) in [5, 5.41) is 205. The van der Waals surface area contributed by atoms with Gasteiger partial charge < -0.3 is 149 Å². The van der Waals surface area contributed by atoms with Gasteiger partial charge in [0.2, 0.25) is 6.29 Å². The van der Waals surface area contributed by atoms with E-state index < -0.39 is 245 Å². The van der Waals surface area contributed by atoms with Crippen LogP contribution >= 0.6 is 0 Å². The van der Waals surface area contributed by atoms with Crippen LogP contribution in [0.1, 0.15) is 85.0 Å². The molecular formula is C57H92O31. The van der Waals surface area contributed by atoms with E-state index >= 15 is 4.79 Å². The quantitative estimate of drug-likeness (QED) is 0.0475. The Morgan fingerprint density at radius 2 is 0.864 bits per heavy atom. The van der Waals surface area contributed by atoms with Crippen molar-refractivity contribution in [1.82, 2.24) is 0 Å². The fourth-order valence-corrected chi connectivity index (χ4v) is 17.0. The van der Waals surface area contributed by atoms with E-state index in [4.69, 9.17) is 52.1 Å². The van der Waals surface area contributed by atoms with Gasteiger partial charge in [-0.3, -0.25) is 4.79 Å². The van der Waals surface area contributed by atoms with E-state index in [0.29, 0.717) is 57.8 Å². The van der Waals surface area contributed by atoms with Crippen LogP contribution in [0, 0.1) is 33.5 Å². The number of carbonyl (C=O) groups excluding carboxylic acids is 1. The number of ether oxygens (including phenoxy) is 11.